The minimum absolute atomic E-state index is 0.0686. The Kier molecular flexibility index (Phi) is 6.18. The van der Waals surface area contributed by atoms with Crippen molar-refractivity contribution in [1.29, 1.82) is 0 Å². The largest absolute Gasteiger partial charge is 0.379 e. The normalized spacial score (nSPS) is 15.3. The second-order valence-corrected chi connectivity index (χ2v) is 7.40. The van der Waals surface area contributed by atoms with Crippen molar-refractivity contribution in [3.8, 4) is 0 Å². The number of morpholine rings is 1. The Morgan fingerprint density at radius 1 is 1.36 bits per heavy atom. The minimum Gasteiger partial charge on any atom is -0.379 e. The van der Waals surface area contributed by atoms with Gasteiger partial charge in [0.15, 0.2) is 0 Å². The smallest absolute Gasteiger partial charge is 0.267 e. The minimum atomic E-state index is -0.0686. The summed E-state index contributed by atoms with van der Waals surface area (Å²) >= 11 is 1.50. The number of nitrogens with one attached hydrogen (secondary N) is 1. The number of rotatable bonds is 6. The summed E-state index contributed by atoms with van der Waals surface area (Å²) in [4.78, 5) is 20.2. The summed E-state index contributed by atoms with van der Waals surface area (Å²) in [5.74, 6) is -0.0686. The predicted molar refractivity (Wildman–Crippen MR) is 101 cm³/mol. The Morgan fingerprint density at radius 2 is 2.16 bits per heavy atom. The fraction of sp³-hybridized carbons (Fsp3) is 0.474. The van der Waals surface area contributed by atoms with Gasteiger partial charge in [0.05, 0.1) is 23.9 Å². The van der Waals surface area contributed by atoms with Crippen molar-refractivity contribution < 1.29 is 9.53 Å². The Morgan fingerprint density at radius 3 is 2.92 bits per heavy atom. The van der Waals surface area contributed by atoms with Crippen LogP contribution in [0.1, 0.15) is 39.3 Å². The second kappa shape index (κ2) is 8.56. The quantitative estimate of drug-likeness (QED) is 0.858. The van der Waals surface area contributed by atoms with Crippen molar-refractivity contribution in [2.24, 2.45) is 0 Å². The molecule has 0 radical (unpaired) electrons. The van der Waals surface area contributed by atoms with Gasteiger partial charge in [-0.05, 0) is 37.5 Å². The van der Waals surface area contributed by atoms with Crippen molar-refractivity contribution in [3.63, 3.8) is 0 Å². The maximum Gasteiger partial charge on any atom is 0.267 e. The summed E-state index contributed by atoms with van der Waals surface area (Å²) in [7, 11) is 0. The molecule has 1 aliphatic rings. The van der Waals surface area contributed by atoms with Crippen LogP contribution in [-0.2, 0) is 17.7 Å². The molecule has 0 aliphatic carbocycles. The number of carbonyl (C=O) groups is 1. The van der Waals surface area contributed by atoms with E-state index in [0.717, 1.165) is 62.1 Å². The Hall–Kier alpha value is -1.76. The van der Waals surface area contributed by atoms with Crippen molar-refractivity contribution in [3.05, 3.63) is 45.4 Å². The Bertz CT molecular complexity index is 723. The highest BCUT2D eigenvalue weighted by Gasteiger charge is 2.16. The molecule has 5 nitrogen and oxygen atoms in total. The molecule has 0 bridgehead atoms. The first kappa shape index (κ1) is 18.0. The van der Waals surface area contributed by atoms with E-state index in [1.165, 1.54) is 16.9 Å². The van der Waals surface area contributed by atoms with Crippen LogP contribution in [0.5, 0.6) is 0 Å². The summed E-state index contributed by atoms with van der Waals surface area (Å²) in [6.45, 7) is 8.40. The first-order valence-corrected chi connectivity index (χ1v) is 9.64. The number of ether oxygens (including phenoxy) is 1. The molecule has 1 saturated heterocycles. The number of nitrogens with zero attached hydrogens (tertiary/aromatic N) is 2. The molecule has 0 unspecified atom stereocenters. The number of anilines is 1. The van der Waals surface area contributed by atoms with Crippen LogP contribution in [0.2, 0.25) is 0 Å². The van der Waals surface area contributed by atoms with Gasteiger partial charge in [-0.15, -0.1) is 11.3 Å². The molecule has 1 aromatic heterocycles. The molecule has 0 spiro atoms. The molecule has 3 rings (SSSR count). The summed E-state index contributed by atoms with van der Waals surface area (Å²) in [6.07, 6.45) is 1.96. The van der Waals surface area contributed by atoms with Crippen LogP contribution >= 0.6 is 11.3 Å². The van der Waals surface area contributed by atoms with Gasteiger partial charge in [0, 0.05) is 25.3 Å². The van der Waals surface area contributed by atoms with E-state index in [2.05, 4.69) is 34.3 Å². The highest BCUT2D eigenvalue weighted by molar-refractivity contribution is 7.13. The molecule has 1 aromatic carbocycles. The van der Waals surface area contributed by atoms with Crippen LogP contribution in [0.4, 0.5) is 5.69 Å². The third-order valence-corrected chi connectivity index (χ3v) is 5.42. The monoisotopic (exact) mass is 359 g/mol. The molecule has 0 saturated carbocycles. The second-order valence-electron chi connectivity index (χ2n) is 6.32. The SMILES string of the molecule is CCCc1nc(C)c(C(=O)Nc2cccc(CN3CCOCC3)c2)s1. The van der Waals surface area contributed by atoms with Crippen molar-refractivity contribution >= 4 is 22.9 Å². The molecule has 1 aliphatic heterocycles. The fourth-order valence-corrected chi connectivity index (χ4v) is 4.00. The van der Waals surface area contributed by atoms with Gasteiger partial charge in [-0.3, -0.25) is 9.69 Å². The Labute approximate surface area is 153 Å². The number of amides is 1. The van der Waals surface area contributed by atoms with E-state index in [4.69, 9.17) is 4.74 Å². The van der Waals surface area contributed by atoms with E-state index in [0.29, 0.717) is 4.88 Å². The van der Waals surface area contributed by atoms with Gasteiger partial charge in [0.25, 0.3) is 5.91 Å². The van der Waals surface area contributed by atoms with Gasteiger partial charge >= 0.3 is 0 Å². The molecule has 1 N–H and O–H groups in total. The van der Waals surface area contributed by atoms with E-state index < -0.39 is 0 Å². The van der Waals surface area contributed by atoms with Crippen molar-refractivity contribution in [2.45, 2.75) is 33.2 Å². The average molecular weight is 359 g/mol. The molecule has 2 heterocycles. The fourth-order valence-electron chi connectivity index (χ4n) is 2.94. The van der Waals surface area contributed by atoms with E-state index in [1.54, 1.807) is 0 Å². The lowest BCUT2D eigenvalue weighted by molar-refractivity contribution is 0.0342. The van der Waals surface area contributed by atoms with Crippen molar-refractivity contribution in [2.75, 3.05) is 31.6 Å². The highest BCUT2D eigenvalue weighted by Crippen LogP contribution is 2.21. The first-order valence-electron chi connectivity index (χ1n) is 8.82. The molecule has 1 fully saturated rings. The zero-order valence-electron chi connectivity index (χ0n) is 14.9. The molecular formula is C19H25N3O2S. The van der Waals surface area contributed by atoms with Gasteiger partial charge in [0.2, 0.25) is 0 Å². The molecule has 134 valence electrons. The van der Waals surface area contributed by atoms with Crippen molar-refractivity contribution in [1.82, 2.24) is 9.88 Å². The summed E-state index contributed by atoms with van der Waals surface area (Å²) < 4.78 is 5.39. The topological polar surface area (TPSA) is 54.5 Å². The van der Waals surface area contributed by atoms with E-state index in [1.807, 2.05) is 19.1 Å². The Balaban J connectivity index is 1.65. The van der Waals surface area contributed by atoms with Crippen LogP contribution in [0.3, 0.4) is 0 Å². The van der Waals surface area contributed by atoms with Gasteiger partial charge in [-0.25, -0.2) is 4.98 Å². The van der Waals surface area contributed by atoms with Crippen LogP contribution in [0.15, 0.2) is 24.3 Å². The lowest BCUT2D eigenvalue weighted by Crippen LogP contribution is -2.35. The van der Waals surface area contributed by atoms with E-state index >= 15 is 0 Å². The van der Waals surface area contributed by atoms with Gasteiger partial charge in [0.1, 0.15) is 4.88 Å². The van der Waals surface area contributed by atoms with Gasteiger partial charge in [-0.1, -0.05) is 19.1 Å². The number of thiazole rings is 1. The standard InChI is InChI=1S/C19H25N3O2S/c1-3-5-17-20-14(2)18(25-17)19(23)21-16-7-4-6-15(12-16)13-22-8-10-24-11-9-22/h4,6-7,12H,3,5,8-11,13H2,1-2H3,(H,21,23). The molecule has 1 amide bonds. The molecular weight excluding hydrogens is 334 g/mol. The zero-order chi connectivity index (χ0) is 17.6. The summed E-state index contributed by atoms with van der Waals surface area (Å²) in [5.41, 5.74) is 2.85. The van der Waals surface area contributed by atoms with Crippen LogP contribution < -0.4 is 5.32 Å². The predicted octanol–water partition coefficient (Wildman–Crippen LogP) is 3.49. The maximum absolute atomic E-state index is 12.6. The molecule has 2 aromatic rings. The third-order valence-electron chi connectivity index (χ3n) is 4.21. The first-order chi connectivity index (χ1) is 12.2. The summed E-state index contributed by atoms with van der Waals surface area (Å²) in [5, 5.41) is 4.05. The number of aromatic nitrogens is 1. The zero-order valence-corrected chi connectivity index (χ0v) is 15.7. The van der Waals surface area contributed by atoms with Gasteiger partial charge < -0.3 is 10.1 Å². The van der Waals surface area contributed by atoms with Crippen LogP contribution in [0.25, 0.3) is 0 Å². The molecule has 0 atom stereocenters. The van der Waals surface area contributed by atoms with Crippen LogP contribution in [0, 0.1) is 6.92 Å². The number of hydrogen-bond donors (Lipinski definition) is 1. The lowest BCUT2D eigenvalue weighted by Gasteiger charge is -2.26. The lowest BCUT2D eigenvalue weighted by atomic mass is 10.1. The van der Waals surface area contributed by atoms with Crippen LogP contribution in [-0.4, -0.2) is 42.1 Å². The maximum atomic E-state index is 12.6. The average Bonchev–Trinajstić information content (AvgIpc) is 2.97. The number of aryl methyl sites for hydroxylation is 2. The van der Waals surface area contributed by atoms with E-state index in [-0.39, 0.29) is 5.91 Å². The van der Waals surface area contributed by atoms with Gasteiger partial charge in [-0.2, -0.15) is 0 Å². The molecule has 6 heteroatoms. The number of benzene rings is 1. The van der Waals surface area contributed by atoms with E-state index in [9.17, 15) is 4.79 Å². The number of hydrogen-bond acceptors (Lipinski definition) is 5. The molecule has 25 heavy (non-hydrogen) atoms. The third kappa shape index (κ3) is 4.87. The summed E-state index contributed by atoms with van der Waals surface area (Å²) in [6, 6.07) is 8.08. The highest BCUT2D eigenvalue weighted by atomic mass is 32.1. The number of carbonyl (C=O) groups excluding carboxylic acids is 1.